The third-order valence-electron chi connectivity index (χ3n) is 3.77. The highest BCUT2D eigenvalue weighted by Gasteiger charge is 2.24. The van der Waals surface area contributed by atoms with Gasteiger partial charge in [-0.15, -0.1) is 0 Å². The number of nitrogens with one attached hydrogen (secondary N) is 2. The summed E-state index contributed by atoms with van der Waals surface area (Å²) >= 11 is 0. The normalized spacial score (nSPS) is 14.0. The highest BCUT2D eigenvalue weighted by atomic mass is 16.6. The number of carbonyl (C=O) groups is 1. The van der Waals surface area contributed by atoms with Gasteiger partial charge in [0.1, 0.15) is 5.60 Å². The fourth-order valence-corrected chi connectivity index (χ4v) is 2.52. The summed E-state index contributed by atoms with van der Waals surface area (Å²) in [5, 5.41) is 16.6. The smallest absolute Gasteiger partial charge is 0.407 e. The lowest BCUT2D eigenvalue weighted by atomic mass is 10.0. The van der Waals surface area contributed by atoms with Crippen molar-refractivity contribution in [1.29, 1.82) is 0 Å². The highest BCUT2D eigenvalue weighted by Crippen LogP contribution is 2.10. The molecule has 0 aromatic heterocycles. The lowest BCUT2D eigenvalue weighted by molar-refractivity contribution is 0.0421. The van der Waals surface area contributed by atoms with Crippen LogP contribution in [0.1, 0.15) is 46.6 Å². The third kappa shape index (κ3) is 11.6. The maximum atomic E-state index is 12.2. The fraction of sp³-hybridized carbons (Fsp3) is 0.667. The summed E-state index contributed by atoms with van der Waals surface area (Å²) in [6, 6.07) is 9.34. The summed E-state index contributed by atoms with van der Waals surface area (Å²) in [5.74, 6) is 0. The van der Waals surface area contributed by atoms with Gasteiger partial charge in [0.25, 0.3) is 0 Å². The van der Waals surface area contributed by atoms with Crippen LogP contribution in [0.25, 0.3) is 0 Å². The number of ether oxygens (including phenoxy) is 2. The monoisotopic (exact) mass is 380 g/mol. The molecule has 154 valence electrons. The second-order valence-corrected chi connectivity index (χ2v) is 7.99. The number of rotatable bonds is 11. The lowest BCUT2D eigenvalue weighted by Gasteiger charge is -2.27. The predicted octanol–water partition coefficient (Wildman–Crippen LogP) is 2.89. The molecule has 3 N–H and O–H groups in total. The predicted molar refractivity (Wildman–Crippen MR) is 108 cm³/mol. The van der Waals surface area contributed by atoms with Crippen molar-refractivity contribution in [2.45, 2.75) is 71.3 Å². The molecule has 6 heteroatoms. The molecular weight excluding hydrogens is 344 g/mol. The molecule has 0 unspecified atom stereocenters. The zero-order valence-electron chi connectivity index (χ0n) is 17.3. The largest absolute Gasteiger partial charge is 0.444 e. The average Bonchev–Trinajstić information content (AvgIpc) is 2.56. The summed E-state index contributed by atoms with van der Waals surface area (Å²) in [6.07, 6.45) is 0.369. The number of hydrogen-bond donors (Lipinski definition) is 3. The number of aliphatic hydroxyl groups excluding tert-OH is 1. The van der Waals surface area contributed by atoms with E-state index in [2.05, 4.69) is 10.6 Å². The molecule has 1 aromatic carbocycles. The summed E-state index contributed by atoms with van der Waals surface area (Å²) in [6.45, 7) is 11.3. The molecule has 0 radical (unpaired) electrons. The van der Waals surface area contributed by atoms with Crippen molar-refractivity contribution in [1.82, 2.24) is 10.6 Å². The first kappa shape index (κ1) is 23.4. The maximum Gasteiger partial charge on any atom is 0.407 e. The van der Waals surface area contributed by atoms with Crippen LogP contribution in [-0.4, -0.2) is 54.7 Å². The second kappa shape index (κ2) is 12.0. The molecule has 0 bridgehead atoms. The molecule has 2 atom stereocenters. The van der Waals surface area contributed by atoms with E-state index in [4.69, 9.17) is 9.47 Å². The van der Waals surface area contributed by atoms with Crippen LogP contribution >= 0.6 is 0 Å². The molecule has 1 rings (SSSR count). The van der Waals surface area contributed by atoms with E-state index in [0.717, 1.165) is 18.5 Å². The van der Waals surface area contributed by atoms with Gasteiger partial charge in [-0.25, -0.2) is 4.79 Å². The fourth-order valence-electron chi connectivity index (χ4n) is 2.52. The van der Waals surface area contributed by atoms with Gasteiger partial charge < -0.3 is 25.2 Å². The van der Waals surface area contributed by atoms with Crippen LogP contribution < -0.4 is 10.6 Å². The standard InChI is InChI=1S/C21H36N2O4/c1-16(2)26-13-9-12-22-15-19(24)18(14-17-10-7-6-8-11-17)23-20(25)27-21(3,4)5/h6-8,10-11,16,18-19,22,24H,9,12-15H2,1-5H3,(H,23,25)/t18-,19+/m0/s1. The van der Waals surface area contributed by atoms with Gasteiger partial charge in [-0.05, 0) is 59.6 Å². The molecular formula is C21H36N2O4. The minimum absolute atomic E-state index is 0.226. The average molecular weight is 381 g/mol. The van der Waals surface area contributed by atoms with E-state index in [1.807, 2.05) is 65.0 Å². The van der Waals surface area contributed by atoms with Crippen molar-refractivity contribution < 1.29 is 19.4 Å². The van der Waals surface area contributed by atoms with E-state index >= 15 is 0 Å². The van der Waals surface area contributed by atoms with E-state index in [0.29, 0.717) is 19.6 Å². The van der Waals surface area contributed by atoms with E-state index in [-0.39, 0.29) is 6.10 Å². The van der Waals surface area contributed by atoms with Crippen molar-refractivity contribution in [3.63, 3.8) is 0 Å². The van der Waals surface area contributed by atoms with Gasteiger partial charge in [0.15, 0.2) is 0 Å². The molecule has 0 heterocycles. The first-order chi connectivity index (χ1) is 12.7. The molecule has 1 amide bonds. The Morgan fingerprint density at radius 2 is 1.85 bits per heavy atom. The van der Waals surface area contributed by atoms with Gasteiger partial charge in [0.05, 0.1) is 18.2 Å². The third-order valence-corrected chi connectivity index (χ3v) is 3.77. The SMILES string of the molecule is CC(C)OCCCNC[C@@H](O)[C@H](Cc1ccccc1)NC(=O)OC(C)(C)C. The van der Waals surface area contributed by atoms with Crippen LogP contribution in [0, 0.1) is 0 Å². The van der Waals surface area contributed by atoms with Crippen LogP contribution in [0.4, 0.5) is 4.79 Å². The van der Waals surface area contributed by atoms with E-state index < -0.39 is 23.8 Å². The van der Waals surface area contributed by atoms with E-state index in [1.165, 1.54) is 0 Å². The maximum absolute atomic E-state index is 12.2. The number of aliphatic hydroxyl groups is 1. The summed E-state index contributed by atoms with van der Waals surface area (Å²) < 4.78 is 10.8. The molecule has 0 saturated heterocycles. The van der Waals surface area contributed by atoms with E-state index in [1.54, 1.807) is 0 Å². The molecule has 27 heavy (non-hydrogen) atoms. The van der Waals surface area contributed by atoms with Gasteiger partial charge in [0, 0.05) is 13.2 Å². The van der Waals surface area contributed by atoms with Crippen molar-refractivity contribution in [2.75, 3.05) is 19.7 Å². The molecule has 1 aromatic rings. The highest BCUT2D eigenvalue weighted by molar-refractivity contribution is 5.68. The Morgan fingerprint density at radius 3 is 2.44 bits per heavy atom. The molecule has 0 aliphatic heterocycles. The van der Waals surface area contributed by atoms with Crippen LogP contribution in [-0.2, 0) is 15.9 Å². The molecule has 0 fully saturated rings. The second-order valence-electron chi connectivity index (χ2n) is 7.99. The first-order valence-electron chi connectivity index (χ1n) is 9.71. The van der Waals surface area contributed by atoms with Crippen LogP contribution in [0.5, 0.6) is 0 Å². The molecule has 0 aliphatic carbocycles. The molecule has 0 spiro atoms. The minimum atomic E-state index is -0.733. The summed E-state index contributed by atoms with van der Waals surface area (Å²) in [5.41, 5.74) is 0.462. The Kier molecular flexibility index (Phi) is 10.4. The van der Waals surface area contributed by atoms with Crippen molar-refractivity contribution in [2.24, 2.45) is 0 Å². The number of carbonyl (C=O) groups excluding carboxylic acids is 1. The number of amides is 1. The summed E-state index contributed by atoms with van der Waals surface area (Å²) in [4.78, 5) is 12.2. The van der Waals surface area contributed by atoms with Gasteiger partial charge in [-0.3, -0.25) is 0 Å². The van der Waals surface area contributed by atoms with Gasteiger partial charge in [0.2, 0.25) is 0 Å². The van der Waals surface area contributed by atoms with Crippen LogP contribution in [0.3, 0.4) is 0 Å². The van der Waals surface area contributed by atoms with Crippen LogP contribution in [0.15, 0.2) is 30.3 Å². The minimum Gasteiger partial charge on any atom is -0.444 e. The molecule has 0 aliphatic rings. The number of alkyl carbamates (subject to hydrolysis) is 1. The summed E-state index contributed by atoms with van der Waals surface area (Å²) in [7, 11) is 0. The Bertz CT molecular complexity index is 529. The van der Waals surface area contributed by atoms with Crippen molar-refractivity contribution in [3.05, 3.63) is 35.9 Å². The molecule has 0 saturated carbocycles. The Labute approximate surface area is 163 Å². The van der Waals surface area contributed by atoms with Gasteiger partial charge >= 0.3 is 6.09 Å². The van der Waals surface area contributed by atoms with Gasteiger partial charge in [-0.2, -0.15) is 0 Å². The molecule has 6 nitrogen and oxygen atoms in total. The van der Waals surface area contributed by atoms with Crippen LogP contribution in [0.2, 0.25) is 0 Å². The van der Waals surface area contributed by atoms with E-state index in [9.17, 15) is 9.90 Å². The Hall–Kier alpha value is -1.63. The zero-order valence-corrected chi connectivity index (χ0v) is 17.3. The Morgan fingerprint density at radius 1 is 1.19 bits per heavy atom. The number of benzene rings is 1. The lowest BCUT2D eigenvalue weighted by Crippen LogP contribution is -2.50. The Balaban J connectivity index is 2.54. The zero-order chi connectivity index (χ0) is 20.3. The van der Waals surface area contributed by atoms with Crippen molar-refractivity contribution in [3.8, 4) is 0 Å². The van der Waals surface area contributed by atoms with Gasteiger partial charge in [-0.1, -0.05) is 30.3 Å². The van der Waals surface area contributed by atoms with Crippen molar-refractivity contribution >= 4 is 6.09 Å². The quantitative estimate of drug-likeness (QED) is 0.515. The number of hydrogen-bond acceptors (Lipinski definition) is 5. The first-order valence-corrected chi connectivity index (χ1v) is 9.71. The topological polar surface area (TPSA) is 79.8 Å².